The van der Waals surface area contributed by atoms with Crippen LogP contribution in [0.5, 0.6) is 0 Å². The summed E-state index contributed by atoms with van der Waals surface area (Å²) in [5, 5.41) is 2.02. The van der Waals surface area contributed by atoms with E-state index in [1.807, 2.05) is 42.5 Å². The monoisotopic (exact) mass is 330 g/mol. The number of nitrogens with zero attached hydrogens (tertiary/aromatic N) is 1. The number of benzene rings is 1. The number of para-hydroxylation sites is 1. The predicted octanol–water partition coefficient (Wildman–Crippen LogP) is 4.44. The lowest BCUT2D eigenvalue weighted by molar-refractivity contribution is 0.0594. The van der Waals surface area contributed by atoms with E-state index >= 15 is 0 Å². The molecule has 1 aliphatic rings. The minimum Gasteiger partial charge on any atom is -0.464 e. The van der Waals surface area contributed by atoms with Crippen LogP contribution < -0.4 is 0 Å². The zero-order valence-electron chi connectivity index (χ0n) is 14.0. The Balaban J connectivity index is 2.11. The molecule has 2 heterocycles. The number of hydrogen-bond acceptors (Lipinski definition) is 3. The summed E-state index contributed by atoms with van der Waals surface area (Å²) in [6.45, 7) is 4.03. The number of esters is 1. The van der Waals surface area contributed by atoms with Gasteiger partial charge in [-0.05, 0) is 18.6 Å². The molecule has 3 aromatic rings. The number of aromatic amines is 1. The number of methoxy groups -OCH3 is 1. The van der Waals surface area contributed by atoms with Gasteiger partial charge in [-0.15, -0.1) is 6.58 Å². The number of ether oxygens (including phenoxy) is 1. The maximum atomic E-state index is 12.2. The molecule has 2 aromatic heterocycles. The second kappa shape index (κ2) is 5.74. The van der Waals surface area contributed by atoms with Gasteiger partial charge in [-0.2, -0.15) is 0 Å². The van der Waals surface area contributed by atoms with Crippen molar-refractivity contribution >= 4 is 27.8 Å². The van der Waals surface area contributed by atoms with Gasteiger partial charge in [0.2, 0.25) is 0 Å². The summed E-state index contributed by atoms with van der Waals surface area (Å²) in [7, 11) is 1.37. The number of fused-ring (bicyclic) bond motifs is 3. The molecule has 4 rings (SSSR count). The number of allylic oxidation sites excluding steroid dienone is 5. The van der Waals surface area contributed by atoms with Gasteiger partial charge in [0.1, 0.15) is 5.69 Å². The van der Waals surface area contributed by atoms with Gasteiger partial charge < -0.3 is 9.72 Å². The summed E-state index contributed by atoms with van der Waals surface area (Å²) < 4.78 is 4.91. The molecule has 0 fully saturated rings. The zero-order valence-corrected chi connectivity index (χ0v) is 14.0. The summed E-state index contributed by atoms with van der Waals surface area (Å²) in [6.07, 6.45) is 10.8. The van der Waals surface area contributed by atoms with E-state index in [0.717, 1.165) is 33.9 Å². The van der Waals surface area contributed by atoms with Crippen molar-refractivity contribution < 1.29 is 9.53 Å². The largest absolute Gasteiger partial charge is 0.464 e. The summed E-state index contributed by atoms with van der Waals surface area (Å²) in [5.41, 5.74) is 2.57. The van der Waals surface area contributed by atoms with Crippen molar-refractivity contribution in [3.8, 4) is 0 Å². The number of carbonyl (C=O) groups is 1. The van der Waals surface area contributed by atoms with Crippen molar-refractivity contribution in [3.05, 3.63) is 78.7 Å². The highest BCUT2D eigenvalue weighted by Crippen LogP contribution is 2.39. The molecule has 0 aliphatic heterocycles. The SMILES string of the molecule is C=CC1(c2nc(C(=O)OC)cc3c2[nH]c2ccccc23)C=CC=CC1. The molecule has 0 spiro atoms. The highest BCUT2D eigenvalue weighted by atomic mass is 16.5. The quantitative estimate of drug-likeness (QED) is 0.570. The van der Waals surface area contributed by atoms with Crippen LogP contribution >= 0.6 is 0 Å². The third-order valence-electron chi connectivity index (χ3n) is 4.79. The molecular weight excluding hydrogens is 312 g/mol. The fraction of sp³-hybridized carbons (Fsp3) is 0.143. The predicted molar refractivity (Wildman–Crippen MR) is 99.7 cm³/mol. The van der Waals surface area contributed by atoms with Crippen LogP contribution in [0.4, 0.5) is 0 Å². The number of nitrogens with one attached hydrogen (secondary N) is 1. The molecule has 0 radical (unpaired) electrons. The van der Waals surface area contributed by atoms with Crippen LogP contribution in [0.3, 0.4) is 0 Å². The number of H-pyrrole nitrogens is 1. The molecule has 1 aliphatic carbocycles. The Labute approximate surface area is 145 Å². The molecule has 0 amide bonds. The molecule has 0 bridgehead atoms. The van der Waals surface area contributed by atoms with Crippen LogP contribution in [0.1, 0.15) is 22.6 Å². The van der Waals surface area contributed by atoms with Crippen molar-refractivity contribution in [2.45, 2.75) is 11.8 Å². The van der Waals surface area contributed by atoms with E-state index in [2.05, 4.69) is 28.7 Å². The van der Waals surface area contributed by atoms with Gasteiger partial charge in [-0.3, -0.25) is 0 Å². The van der Waals surface area contributed by atoms with Crippen molar-refractivity contribution in [1.29, 1.82) is 0 Å². The Morgan fingerprint density at radius 2 is 2.16 bits per heavy atom. The Morgan fingerprint density at radius 1 is 1.32 bits per heavy atom. The fourth-order valence-electron chi connectivity index (χ4n) is 3.45. The summed E-state index contributed by atoms with van der Waals surface area (Å²) >= 11 is 0. The Morgan fingerprint density at radius 3 is 2.88 bits per heavy atom. The second-order valence-corrected chi connectivity index (χ2v) is 6.18. The minimum absolute atomic E-state index is 0.305. The van der Waals surface area contributed by atoms with Crippen LogP contribution in [-0.4, -0.2) is 23.0 Å². The van der Waals surface area contributed by atoms with Crippen LogP contribution in [0.2, 0.25) is 0 Å². The number of hydrogen-bond donors (Lipinski definition) is 1. The fourth-order valence-corrected chi connectivity index (χ4v) is 3.45. The normalized spacial score (nSPS) is 19.4. The smallest absolute Gasteiger partial charge is 0.356 e. The van der Waals surface area contributed by atoms with Crippen LogP contribution in [0.25, 0.3) is 21.8 Å². The number of carbonyl (C=O) groups excluding carboxylic acids is 1. The van der Waals surface area contributed by atoms with Crippen molar-refractivity contribution in [2.24, 2.45) is 0 Å². The first-order chi connectivity index (χ1) is 12.2. The molecule has 4 nitrogen and oxygen atoms in total. The van der Waals surface area contributed by atoms with E-state index in [-0.39, 0.29) is 0 Å². The lowest BCUT2D eigenvalue weighted by Crippen LogP contribution is -2.24. The van der Waals surface area contributed by atoms with E-state index in [0.29, 0.717) is 5.69 Å². The van der Waals surface area contributed by atoms with Gasteiger partial charge >= 0.3 is 5.97 Å². The number of rotatable bonds is 3. The summed E-state index contributed by atoms with van der Waals surface area (Å²) in [4.78, 5) is 20.3. The Hall–Kier alpha value is -3.14. The molecule has 1 N–H and O–H groups in total. The Bertz CT molecular complexity index is 1060. The van der Waals surface area contributed by atoms with Gasteiger partial charge in [-0.25, -0.2) is 9.78 Å². The van der Waals surface area contributed by atoms with E-state index in [1.54, 1.807) is 6.07 Å². The first-order valence-electron chi connectivity index (χ1n) is 8.17. The average Bonchev–Trinajstić information content (AvgIpc) is 3.05. The van der Waals surface area contributed by atoms with Crippen molar-refractivity contribution in [2.75, 3.05) is 7.11 Å². The molecule has 124 valence electrons. The van der Waals surface area contributed by atoms with Crippen LogP contribution in [0.15, 0.2) is 67.3 Å². The Kier molecular flexibility index (Phi) is 3.53. The molecule has 0 saturated heterocycles. The lowest BCUT2D eigenvalue weighted by atomic mass is 9.77. The lowest BCUT2D eigenvalue weighted by Gasteiger charge is -2.28. The molecule has 1 atom stereocenters. The van der Waals surface area contributed by atoms with E-state index in [4.69, 9.17) is 4.74 Å². The number of aromatic nitrogens is 2. The molecule has 4 heteroatoms. The molecule has 1 unspecified atom stereocenters. The first-order valence-corrected chi connectivity index (χ1v) is 8.17. The highest BCUT2D eigenvalue weighted by Gasteiger charge is 2.32. The summed E-state index contributed by atoms with van der Waals surface area (Å²) in [6, 6.07) is 9.82. The second-order valence-electron chi connectivity index (χ2n) is 6.18. The van der Waals surface area contributed by atoms with E-state index in [9.17, 15) is 4.79 Å². The summed E-state index contributed by atoms with van der Waals surface area (Å²) in [5.74, 6) is -0.442. The molecule has 1 aromatic carbocycles. The third kappa shape index (κ3) is 2.30. The molecular formula is C21H18N2O2. The molecule has 25 heavy (non-hydrogen) atoms. The van der Waals surface area contributed by atoms with Gasteiger partial charge in [0, 0.05) is 16.3 Å². The van der Waals surface area contributed by atoms with Gasteiger partial charge in [-0.1, -0.05) is 48.6 Å². The van der Waals surface area contributed by atoms with Crippen LogP contribution in [-0.2, 0) is 10.2 Å². The topological polar surface area (TPSA) is 55.0 Å². The zero-order chi connectivity index (χ0) is 17.4. The highest BCUT2D eigenvalue weighted by molar-refractivity contribution is 6.10. The van der Waals surface area contributed by atoms with Gasteiger partial charge in [0.15, 0.2) is 0 Å². The minimum atomic E-state index is -0.460. The van der Waals surface area contributed by atoms with Gasteiger partial charge in [0.25, 0.3) is 0 Å². The first kappa shape index (κ1) is 15.4. The van der Waals surface area contributed by atoms with E-state index < -0.39 is 11.4 Å². The number of pyridine rings is 1. The maximum absolute atomic E-state index is 12.2. The van der Waals surface area contributed by atoms with Crippen molar-refractivity contribution in [1.82, 2.24) is 9.97 Å². The van der Waals surface area contributed by atoms with Crippen molar-refractivity contribution in [3.63, 3.8) is 0 Å². The maximum Gasteiger partial charge on any atom is 0.356 e. The third-order valence-corrected chi connectivity index (χ3v) is 4.79. The van der Waals surface area contributed by atoms with Gasteiger partial charge in [0.05, 0.1) is 23.7 Å². The molecule has 0 saturated carbocycles. The van der Waals surface area contributed by atoms with Crippen LogP contribution in [0, 0.1) is 0 Å². The van der Waals surface area contributed by atoms with E-state index in [1.165, 1.54) is 7.11 Å². The average molecular weight is 330 g/mol. The standard InChI is InChI=1S/C21H18N2O2/c1-3-21(11-7-4-8-12-21)19-18-15(13-17(23-19)20(24)25-2)14-9-5-6-10-16(14)22-18/h3-11,13,22H,1,12H2,2H3.